The van der Waals surface area contributed by atoms with E-state index in [1.54, 1.807) is 0 Å². The van der Waals surface area contributed by atoms with E-state index < -0.39 is 27.4 Å². The van der Waals surface area contributed by atoms with E-state index in [-0.39, 0.29) is 11.4 Å². The first-order valence-corrected chi connectivity index (χ1v) is 6.70. The minimum atomic E-state index is -3.87. The fraction of sp³-hybridized carbons (Fsp3) is 0.400. The van der Waals surface area contributed by atoms with E-state index in [1.807, 2.05) is 0 Å². The predicted molar refractivity (Wildman–Crippen MR) is 61.9 cm³/mol. The molecule has 18 heavy (non-hydrogen) atoms. The second-order valence-electron chi connectivity index (χ2n) is 4.49. The number of amides is 2. The van der Waals surface area contributed by atoms with Crippen LogP contribution < -0.4 is 5.32 Å². The van der Waals surface area contributed by atoms with Gasteiger partial charge >= 0.3 is 0 Å². The molecule has 0 atom stereocenters. The average molecular weight is 271 g/mol. The number of aromatic amines is 1. The van der Waals surface area contributed by atoms with Gasteiger partial charge in [-0.25, -0.2) is 8.42 Å². The van der Waals surface area contributed by atoms with E-state index in [9.17, 15) is 18.0 Å². The molecule has 0 bridgehead atoms. The maximum Gasteiger partial charge on any atom is 0.247 e. The number of imide groups is 1. The van der Waals surface area contributed by atoms with Crippen LogP contribution in [-0.2, 0) is 19.6 Å². The SMILES string of the molecule is CC1(C)C(=O)NC(=O)CN1S(=O)(=O)c1cc[nH]c1. The van der Waals surface area contributed by atoms with Crippen molar-refractivity contribution >= 4 is 21.8 Å². The first kappa shape index (κ1) is 12.8. The van der Waals surface area contributed by atoms with E-state index in [1.165, 1.54) is 32.3 Å². The van der Waals surface area contributed by atoms with Crippen molar-refractivity contribution in [3.63, 3.8) is 0 Å². The van der Waals surface area contributed by atoms with Gasteiger partial charge in [0.05, 0.1) is 11.4 Å². The number of hydrogen-bond acceptors (Lipinski definition) is 4. The van der Waals surface area contributed by atoms with Crippen molar-refractivity contribution in [3.8, 4) is 0 Å². The molecular formula is C10H13N3O4S. The van der Waals surface area contributed by atoms with E-state index in [0.717, 1.165) is 4.31 Å². The van der Waals surface area contributed by atoms with Crippen LogP contribution in [0, 0.1) is 0 Å². The van der Waals surface area contributed by atoms with Crippen LogP contribution in [0.25, 0.3) is 0 Å². The lowest BCUT2D eigenvalue weighted by Gasteiger charge is -2.38. The van der Waals surface area contributed by atoms with Gasteiger partial charge in [0.1, 0.15) is 5.54 Å². The van der Waals surface area contributed by atoms with Crippen LogP contribution in [0.4, 0.5) is 0 Å². The first-order chi connectivity index (χ1) is 8.26. The molecule has 2 amide bonds. The lowest BCUT2D eigenvalue weighted by molar-refractivity contribution is -0.141. The molecule has 1 aromatic heterocycles. The quantitative estimate of drug-likeness (QED) is 0.704. The molecule has 0 aromatic carbocycles. The monoisotopic (exact) mass is 271 g/mol. The number of sulfonamides is 1. The molecular weight excluding hydrogens is 258 g/mol. The van der Waals surface area contributed by atoms with Crippen molar-refractivity contribution in [2.45, 2.75) is 24.3 Å². The minimum Gasteiger partial charge on any atom is -0.366 e. The third-order valence-electron chi connectivity index (χ3n) is 2.88. The molecule has 0 unspecified atom stereocenters. The maximum absolute atomic E-state index is 12.3. The highest BCUT2D eigenvalue weighted by molar-refractivity contribution is 7.89. The maximum atomic E-state index is 12.3. The standard InChI is InChI=1S/C10H13N3O4S/c1-10(2)9(15)12-8(14)6-13(10)18(16,17)7-3-4-11-5-7/h3-5,11H,6H2,1-2H3,(H,12,14,15). The van der Waals surface area contributed by atoms with Crippen LogP contribution in [0.2, 0.25) is 0 Å². The molecule has 0 aliphatic carbocycles. The fourth-order valence-corrected chi connectivity index (χ4v) is 3.42. The van der Waals surface area contributed by atoms with Gasteiger partial charge < -0.3 is 4.98 Å². The Morgan fingerprint density at radius 3 is 2.56 bits per heavy atom. The van der Waals surface area contributed by atoms with Gasteiger partial charge in [-0.3, -0.25) is 14.9 Å². The van der Waals surface area contributed by atoms with Crippen LogP contribution in [0.15, 0.2) is 23.4 Å². The minimum absolute atomic E-state index is 0.0260. The number of nitrogens with one attached hydrogen (secondary N) is 2. The second kappa shape index (κ2) is 3.92. The molecule has 98 valence electrons. The van der Waals surface area contributed by atoms with Gasteiger partial charge in [-0.1, -0.05) is 0 Å². The highest BCUT2D eigenvalue weighted by Gasteiger charge is 2.47. The number of hydrogen-bond donors (Lipinski definition) is 2. The third-order valence-corrected chi connectivity index (χ3v) is 4.89. The Morgan fingerprint density at radius 2 is 2.00 bits per heavy atom. The Kier molecular flexibility index (Phi) is 2.78. The van der Waals surface area contributed by atoms with Gasteiger partial charge in [0.2, 0.25) is 21.8 Å². The van der Waals surface area contributed by atoms with Crippen molar-refractivity contribution in [2.24, 2.45) is 0 Å². The van der Waals surface area contributed by atoms with E-state index >= 15 is 0 Å². The summed E-state index contributed by atoms with van der Waals surface area (Å²) in [5, 5.41) is 2.13. The number of aromatic nitrogens is 1. The van der Waals surface area contributed by atoms with Gasteiger partial charge in [0.25, 0.3) is 0 Å². The zero-order valence-electron chi connectivity index (χ0n) is 9.93. The van der Waals surface area contributed by atoms with Crippen molar-refractivity contribution in [1.82, 2.24) is 14.6 Å². The van der Waals surface area contributed by atoms with Crippen LogP contribution in [0.3, 0.4) is 0 Å². The highest BCUT2D eigenvalue weighted by Crippen LogP contribution is 2.26. The average Bonchev–Trinajstić information content (AvgIpc) is 2.77. The number of rotatable bonds is 2. The molecule has 2 N–H and O–H groups in total. The van der Waals surface area contributed by atoms with Gasteiger partial charge in [0.15, 0.2) is 0 Å². The van der Waals surface area contributed by atoms with E-state index in [4.69, 9.17) is 0 Å². The molecule has 0 saturated carbocycles. The van der Waals surface area contributed by atoms with Crippen LogP contribution >= 0.6 is 0 Å². The molecule has 2 heterocycles. The summed E-state index contributed by atoms with van der Waals surface area (Å²) in [6.07, 6.45) is 2.77. The van der Waals surface area contributed by atoms with E-state index in [2.05, 4.69) is 10.3 Å². The molecule has 2 rings (SSSR count). The number of H-pyrrole nitrogens is 1. The Bertz CT molecular complexity index is 589. The van der Waals surface area contributed by atoms with Gasteiger partial charge in [-0.2, -0.15) is 4.31 Å². The zero-order chi connectivity index (χ0) is 13.6. The Morgan fingerprint density at radius 1 is 1.33 bits per heavy atom. The molecule has 1 aromatic rings. The third kappa shape index (κ3) is 1.83. The van der Waals surface area contributed by atoms with Crippen LogP contribution in [0.5, 0.6) is 0 Å². The Balaban J connectivity index is 2.49. The zero-order valence-corrected chi connectivity index (χ0v) is 10.7. The van der Waals surface area contributed by atoms with Crippen molar-refractivity contribution in [3.05, 3.63) is 18.5 Å². The second-order valence-corrected chi connectivity index (χ2v) is 6.36. The topological polar surface area (TPSA) is 99.3 Å². The lowest BCUT2D eigenvalue weighted by Crippen LogP contribution is -2.65. The first-order valence-electron chi connectivity index (χ1n) is 5.26. The molecule has 0 radical (unpaired) electrons. The van der Waals surface area contributed by atoms with Crippen molar-refractivity contribution < 1.29 is 18.0 Å². The number of carbonyl (C=O) groups is 2. The summed E-state index contributed by atoms with van der Waals surface area (Å²) in [6, 6.07) is 1.38. The summed E-state index contributed by atoms with van der Waals surface area (Å²) in [5.74, 6) is -1.25. The number of nitrogens with zero attached hydrogens (tertiary/aromatic N) is 1. The summed E-state index contributed by atoms with van der Waals surface area (Å²) in [6.45, 7) is 2.55. The largest absolute Gasteiger partial charge is 0.366 e. The Hall–Kier alpha value is -1.67. The molecule has 8 heteroatoms. The molecule has 1 aliphatic heterocycles. The fourth-order valence-electron chi connectivity index (χ4n) is 1.74. The van der Waals surface area contributed by atoms with E-state index in [0.29, 0.717) is 0 Å². The summed E-state index contributed by atoms with van der Waals surface area (Å²) in [7, 11) is -3.87. The summed E-state index contributed by atoms with van der Waals surface area (Å²) < 4.78 is 25.6. The van der Waals surface area contributed by atoms with Crippen molar-refractivity contribution in [2.75, 3.05) is 6.54 Å². The van der Waals surface area contributed by atoms with Crippen LogP contribution in [0.1, 0.15) is 13.8 Å². The van der Waals surface area contributed by atoms with Gasteiger partial charge in [0, 0.05) is 12.4 Å². The summed E-state index contributed by atoms with van der Waals surface area (Å²) in [5.41, 5.74) is -1.30. The number of carbonyl (C=O) groups excluding carboxylic acids is 2. The molecule has 1 aliphatic rings. The molecule has 1 saturated heterocycles. The van der Waals surface area contributed by atoms with Crippen molar-refractivity contribution in [1.29, 1.82) is 0 Å². The van der Waals surface area contributed by atoms with Crippen LogP contribution in [-0.4, -0.2) is 41.6 Å². The molecule has 7 nitrogen and oxygen atoms in total. The van der Waals surface area contributed by atoms with Gasteiger partial charge in [-0.05, 0) is 19.9 Å². The summed E-state index contributed by atoms with van der Waals surface area (Å²) >= 11 is 0. The normalized spacial score (nSPS) is 20.8. The Labute approximate surface area is 104 Å². The smallest absolute Gasteiger partial charge is 0.247 e. The number of piperazine rings is 1. The highest BCUT2D eigenvalue weighted by atomic mass is 32.2. The molecule has 0 spiro atoms. The predicted octanol–water partition coefficient (Wildman–Crippen LogP) is -0.560. The molecule has 1 fully saturated rings. The lowest BCUT2D eigenvalue weighted by atomic mass is 10.0. The summed E-state index contributed by atoms with van der Waals surface area (Å²) in [4.78, 5) is 25.7. The van der Waals surface area contributed by atoms with Gasteiger partial charge in [-0.15, -0.1) is 0 Å².